The van der Waals surface area contributed by atoms with Crippen molar-refractivity contribution in [2.45, 2.75) is 78.3 Å². The third-order valence-corrected chi connectivity index (χ3v) is 9.18. The number of halogens is 2. The molecule has 2 heterocycles. The van der Waals surface area contributed by atoms with E-state index in [-0.39, 0.29) is 18.1 Å². The predicted molar refractivity (Wildman–Crippen MR) is 196 cm³/mol. The van der Waals surface area contributed by atoms with E-state index in [9.17, 15) is 14.7 Å². The first kappa shape index (κ1) is 36.1. The molecular formula is C38H44Cl2N4O5. The topological polar surface area (TPSA) is 108 Å². The summed E-state index contributed by atoms with van der Waals surface area (Å²) in [6.07, 6.45) is 1.63. The van der Waals surface area contributed by atoms with Crippen molar-refractivity contribution in [3.63, 3.8) is 0 Å². The van der Waals surface area contributed by atoms with Crippen molar-refractivity contribution in [3.05, 3.63) is 81.8 Å². The maximum atomic E-state index is 13.2. The molecule has 2 aromatic heterocycles. The standard InChI is InChI=1S/C38H44Cl2N4O5/c1-7-24-21-28(40)33(31-23(2)43(6)42-29(31)22-39)35-32(24)27(16-11-20-48-30-17-10-14-25-13-8-9-15-26(25)30)34(36(45)46)44(35)19-12-18-41-37(47)49-38(3,4)5/h8-10,13-15,17,21H,7,11-12,16,18-20,22H2,1-6H3,(H,41,47)(H,45,46). The summed E-state index contributed by atoms with van der Waals surface area (Å²) >= 11 is 13.5. The molecule has 0 aliphatic heterocycles. The fraction of sp³-hybridized carbons (Fsp3) is 0.395. The van der Waals surface area contributed by atoms with Gasteiger partial charge in [-0.3, -0.25) is 4.68 Å². The number of amides is 1. The summed E-state index contributed by atoms with van der Waals surface area (Å²) in [7, 11) is 1.85. The van der Waals surface area contributed by atoms with Crippen molar-refractivity contribution in [1.82, 2.24) is 19.7 Å². The lowest BCUT2D eigenvalue weighted by Gasteiger charge is -2.20. The van der Waals surface area contributed by atoms with E-state index in [0.29, 0.717) is 55.1 Å². The third kappa shape index (κ3) is 7.68. The number of ether oxygens (including phenoxy) is 2. The number of nitrogens with one attached hydrogen (secondary N) is 1. The Kier molecular flexibility index (Phi) is 11.1. The minimum atomic E-state index is -1.04. The average Bonchev–Trinajstić information content (AvgIpc) is 3.53. The highest BCUT2D eigenvalue weighted by Gasteiger charge is 2.30. The van der Waals surface area contributed by atoms with E-state index in [1.54, 1.807) is 25.5 Å². The van der Waals surface area contributed by atoms with Crippen LogP contribution in [-0.4, -0.2) is 50.3 Å². The second-order valence-electron chi connectivity index (χ2n) is 13.1. The molecule has 5 aromatic rings. The lowest BCUT2D eigenvalue weighted by Crippen LogP contribution is -2.33. The Hall–Kier alpha value is -4.21. The van der Waals surface area contributed by atoms with Gasteiger partial charge in [0.15, 0.2) is 0 Å². The number of carboxylic acid groups (broad SMARTS) is 1. The average molecular weight is 708 g/mol. The maximum absolute atomic E-state index is 13.2. The van der Waals surface area contributed by atoms with E-state index in [0.717, 1.165) is 49.8 Å². The summed E-state index contributed by atoms with van der Waals surface area (Å²) in [5.74, 6) is -0.0824. The summed E-state index contributed by atoms with van der Waals surface area (Å²) < 4.78 is 15.3. The lowest BCUT2D eigenvalue weighted by atomic mass is 9.94. The van der Waals surface area contributed by atoms with Gasteiger partial charge >= 0.3 is 12.1 Å². The fourth-order valence-corrected chi connectivity index (χ4v) is 7.01. The van der Waals surface area contributed by atoms with Crippen molar-refractivity contribution >= 4 is 56.9 Å². The zero-order chi connectivity index (χ0) is 35.5. The van der Waals surface area contributed by atoms with E-state index in [1.807, 2.05) is 74.0 Å². The molecule has 2 N–H and O–H groups in total. The molecule has 0 aliphatic carbocycles. The highest BCUT2D eigenvalue weighted by molar-refractivity contribution is 6.35. The molecule has 0 saturated heterocycles. The molecule has 49 heavy (non-hydrogen) atoms. The number of rotatable bonds is 13. The first-order valence-electron chi connectivity index (χ1n) is 16.6. The molecule has 0 aliphatic rings. The number of carboxylic acids is 1. The van der Waals surface area contributed by atoms with Gasteiger partial charge in [0.2, 0.25) is 0 Å². The third-order valence-electron chi connectivity index (χ3n) is 8.63. The van der Waals surface area contributed by atoms with Crippen LogP contribution in [0.1, 0.15) is 73.5 Å². The van der Waals surface area contributed by atoms with Gasteiger partial charge in [0.25, 0.3) is 0 Å². The van der Waals surface area contributed by atoms with Crippen molar-refractivity contribution in [3.8, 4) is 16.9 Å². The number of alkyl halides is 1. The number of aryl methyl sites for hydroxylation is 4. The summed E-state index contributed by atoms with van der Waals surface area (Å²) in [5.41, 5.74) is 5.01. The Bertz CT molecular complexity index is 2000. The van der Waals surface area contributed by atoms with Crippen LogP contribution in [0.15, 0.2) is 48.5 Å². The summed E-state index contributed by atoms with van der Waals surface area (Å²) in [6.45, 7) is 10.4. The van der Waals surface area contributed by atoms with Crippen molar-refractivity contribution in [1.29, 1.82) is 0 Å². The van der Waals surface area contributed by atoms with E-state index >= 15 is 0 Å². The van der Waals surface area contributed by atoms with Gasteiger partial charge in [-0.2, -0.15) is 5.10 Å². The number of hydrogen-bond acceptors (Lipinski definition) is 5. The SMILES string of the molecule is CCc1cc(Cl)c(-c2c(CCl)nn(C)c2C)c2c1c(CCCOc1cccc3ccccc13)c(C(=O)O)n2CCCNC(=O)OC(C)(C)C. The molecule has 1 amide bonds. The molecular weight excluding hydrogens is 663 g/mol. The van der Waals surface area contributed by atoms with Crippen LogP contribution in [0.25, 0.3) is 32.8 Å². The zero-order valence-electron chi connectivity index (χ0n) is 29.0. The molecule has 0 bridgehead atoms. The van der Waals surface area contributed by atoms with Crippen molar-refractivity contribution in [2.75, 3.05) is 13.2 Å². The van der Waals surface area contributed by atoms with E-state index in [4.69, 9.17) is 32.7 Å². The second-order valence-corrected chi connectivity index (χ2v) is 13.8. The molecule has 0 fully saturated rings. The van der Waals surface area contributed by atoms with Gasteiger partial charge in [0.05, 0.1) is 28.7 Å². The Balaban J connectivity index is 1.59. The number of aromatic nitrogens is 3. The van der Waals surface area contributed by atoms with Crippen LogP contribution in [0.3, 0.4) is 0 Å². The lowest BCUT2D eigenvalue weighted by molar-refractivity contribution is 0.0525. The number of benzene rings is 3. The molecule has 0 spiro atoms. The largest absolute Gasteiger partial charge is 0.493 e. The Labute approximate surface area is 297 Å². The highest BCUT2D eigenvalue weighted by Crippen LogP contribution is 2.44. The molecule has 11 heteroatoms. The Morgan fingerprint density at radius 2 is 1.80 bits per heavy atom. The van der Waals surface area contributed by atoms with Gasteiger partial charge < -0.3 is 24.5 Å². The number of aromatic carboxylic acids is 1. The van der Waals surface area contributed by atoms with Crippen molar-refractivity contribution in [2.24, 2.45) is 7.05 Å². The number of fused-ring (bicyclic) bond motifs is 2. The number of alkyl carbamates (subject to hydrolysis) is 1. The van der Waals surface area contributed by atoms with Gasteiger partial charge in [0.1, 0.15) is 17.0 Å². The number of carbonyl (C=O) groups is 2. The zero-order valence-corrected chi connectivity index (χ0v) is 30.5. The summed E-state index contributed by atoms with van der Waals surface area (Å²) in [6, 6.07) is 16.0. The van der Waals surface area contributed by atoms with Gasteiger partial charge in [-0.1, -0.05) is 54.9 Å². The first-order chi connectivity index (χ1) is 23.4. The van der Waals surface area contributed by atoms with Crippen LogP contribution in [0.5, 0.6) is 5.75 Å². The van der Waals surface area contributed by atoms with E-state index in [1.165, 1.54) is 0 Å². The smallest absolute Gasteiger partial charge is 0.407 e. The minimum Gasteiger partial charge on any atom is -0.493 e. The van der Waals surface area contributed by atoms with Gasteiger partial charge in [-0.25, -0.2) is 9.59 Å². The van der Waals surface area contributed by atoms with E-state index in [2.05, 4.69) is 10.4 Å². The maximum Gasteiger partial charge on any atom is 0.407 e. The highest BCUT2D eigenvalue weighted by atomic mass is 35.5. The van der Waals surface area contributed by atoms with Crippen LogP contribution in [-0.2, 0) is 37.1 Å². The monoisotopic (exact) mass is 706 g/mol. The summed E-state index contributed by atoms with van der Waals surface area (Å²) in [5, 5.41) is 21.8. The van der Waals surface area contributed by atoms with Gasteiger partial charge in [-0.15, -0.1) is 11.6 Å². The molecule has 9 nitrogen and oxygen atoms in total. The predicted octanol–water partition coefficient (Wildman–Crippen LogP) is 9.08. The molecule has 260 valence electrons. The van der Waals surface area contributed by atoms with E-state index < -0.39 is 17.7 Å². The minimum absolute atomic E-state index is 0.162. The first-order valence-corrected chi connectivity index (χ1v) is 17.5. The molecule has 0 atom stereocenters. The second kappa shape index (κ2) is 15.1. The number of nitrogens with zero attached hydrogens (tertiary/aromatic N) is 3. The number of carbonyl (C=O) groups excluding carboxylic acids is 1. The molecule has 0 saturated carbocycles. The molecule has 0 radical (unpaired) electrons. The molecule has 0 unspecified atom stereocenters. The molecule has 5 rings (SSSR count). The van der Waals surface area contributed by atoms with Crippen LogP contribution >= 0.6 is 23.2 Å². The normalized spacial score (nSPS) is 11.8. The Morgan fingerprint density at radius 1 is 1.06 bits per heavy atom. The van der Waals surface area contributed by atoms with Crippen LogP contribution in [0.2, 0.25) is 5.02 Å². The molecule has 3 aromatic carbocycles. The summed E-state index contributed by atoms with van der Waals surface area (Å²) in [4.78, 5) is 25.6. The van der Waals surface area contributed by atoms with Crippen LogP contribution in [0, 0.1) is 6.92 Å². The van der Waals surface area contributed by atoms with Crippen LogP contribution < -0.4 is 10.1 Å². The quantitative estimate of drug-likeness (QED) is 0.0934. The van der Waals surface area contributed by atoms with Gasteiger partial charge in [0, 0.05) is 47.7 Å². The van der Waals surface area contributed by atoms with Crippen molar-refractivity contribution < 1.29 is 24.2 Å². The van der Waals surface area contributed by atoms with Gasteiger partial charge in [-0.05, 0) is 82.0 Å². The number of hydrogen-bond donors (Lipinski definition) is 2. The Morgan fingerprint density at radius 3 is 2.49 bits per heavy atom. The fourth-order valence-electron chi connectivity index (χ4n) is 6.51. The van der Waals surface area contributed by atoms with Crippen LogP contribution in [0.4, 0.5) is 4.79 Å².